The van der Waals surface area contributed by atoms with Gasteiger partial charge in [-0.1, -0.05) is 0 Å². The molecule has 0 aliphatic heterocycles. The first-order valence-corrected chi connectivity index (χ1v) is 4.86. The summed E-state index contributed by atoms with van der Waals surface area (Å²) in [6.07, 6.45) is 11.0. The number of fused-ring (bicyclic) bond motifs is 1. The Bertz CT molecular complexity index is 201. The molecule has 0 amide bonds. The Labute approximate surface area is 110 Å². The maximum absolute atomic E-state index is 2.35. The van der Waals surface area contributed by atoms with Crippen molar-refractivity contribution in [3.63, 3.8) is 0 Å². The number of rotatable bonds is 0. The van der Waals surface area contributed by atoms with E-state index in [4.69, 9.17) is 0 Å². The molecule has 2 rings (SSSR count). The predicted octanol–water partition coefficient (Wildman–Crippen LogP) is -6.37. The van der Waals surface area contributed by atoms with Gasteiger partial charge in [-0.2, -0.15) is 0 Å². The van der Waals surface area contributed by atoms with Crippen LogP contribution in [0, 0.1) is 5.92 Å². The van der Waals surface area contributed by atoms with Crippen LogP contribution in [-0.4, -0.2) is 0 Å². The van der Waals surface area contributed by atoms with Gasteiger partial charge in [0, 0.05) is 0 Å². The SMILES string of the molecule is [Cl-].[Cl-].[Cl-].[Ti+3][CH]1CCC2CC=CC=C12. The Morgan fingerprint density at radius 3 is 2.46 bits per heavy atom. The van der Waals surface area contributed by atoms with Gasteiger partial charge in [0.2, 0.25) is 0 Å². The zero-order valence-electron chi connectivity index (χ0n) is 7.14. The van der Waals surface area contributed by atoms with Crippen LogP contribution in [0.1, 0.15) is 19.3 Å². The second-order valence-electron chi connectivity index (χ2n) is 3.16. The molecule has 0 nitrogen and oxygen atoms in total. The fraction of sp³-hybridized carbons (Fsp3) is 0.556. The molecule has 0 spiro atoms. The number of hydrogen-bond donors (Lipinski definition) is 0. The van der Waals surface area contributed by atoms with Crippen molar-refractivity contribution >= 4 is 0 Å². The molecule has 2 aliphatic rings. The van der Waals surface area contributed by atoms with E-state index in [1.54, 1.807) is 5.57 Å². The summed E-state index contributed by atoms with van der Waals surface area (Å²) in [6, 6.07) is 0. The van der Waals surface area contributed by atoms with Gasteiger partial charge in [0.15, 0.2) is 0 Å². The van der Waals surface area contributed by atoms with Crippen LogP contribution in [0.3, 0.4) is 0 Å². The first kappa shape index (κ1) is 16.5. The van der Waals surface area contributed by atoms with E-state index in [1.165, 1.54) is 19.3 Å². The number of allylic oxidation sites excluding steroid dienone is 4. The second-order valence-corrected chi connectivity index (χ2v) is 4.25. The van der Waals surface area contributed by atoms with E-state index < -0.39 is 0 Å². The Morgan fingerprint density at radius 2 is 1.85 bits per heavy atom. The summed E-state index contributed by atoms with van der Waals surface area (Å²) in [4.78, 5) is 0. The molecule has 0 radical (unpaired) electrons. The summed E-state index contributed by atoms with van der Waals surface area (Å²) in [5.41, 5.74) is 1.71. The molecule has 2 aliphatic carbocycles. The summed E-state index contributed by atoms with van der Waals surface area (Å²) < 4.78 is 0.870. The van der Waals surface area contributed by atoms with Crippen molar-refractivity contribution in [1.29, 1.82) is 0 Å². The molecular formula is C9H11Cl3Ti. The van der Waals surface area contributed by atoms with Crippen LogP contribution in [0.5, 0.6) is 0 Å². The van der Waals surface area contributed by atoms with Crippen LogP contribution in [0.2, 0.25) is 4.22 Å². The average molecular weight is 273 g/mol. The van der Waals surface area contributed by atoms with E-state index in [1.807, 2.05) is 0 Å². The summed E-state index contributed by atoms with van der Waals surface area (Å²) in [7, 11) is 0. The molecule has 4 heteroatoms. The second kappa shape index (κ2) is 7.37. The average Bonchev–Trinajstić information content (AvgIpc) is 2.34. The Kier molecular flexibility index (Phi) is 9.35. The van der Waals surface area contributed by atoms with Crippen molar-refractivity contribution in [1.82, 2.24) is 0 Å². The van der Waals surface area contributed by atoms with E-state index in [2.05, 4.69) is 38.7 Å². The molecule has 72 valence electrons. The quantitative estimate of drug-likeness (QED) is 0.385. The molecular weight excluding hydrogens is 262 g/mol. The van der Waals surface area contributed by atoms with Crippen LogP contribution < -0.4 is 37.2 Å². The van der Waals surface area contributed by atoms with Crippen LogP contribution >= 0.6 is 0 Å². The zero-order valence-corrected chi connectivity index (χ0v) is 11.0. The van der Waals surface area contributed by atoms with Crippen molar-refractivity contribution in [3.05, 3.63) is 23.8 Å². The van der Waals surface area contributed by atoms with Gasteiger partial charge in [-0.15, -0.1) is 0 Å². The Hall–Kier alpha value is 1.06. The number of hydrogen-bond acceptors (Lipinski definition) is 0. The van der Waals surface area contributed by atoms with E-state index in [0.29, 0.717) is 0 Å². The first-order valence-electron chi connectivity index (χ1n) is 3.95. The fourth-order valence-corrected chi connectivity index (χ4v) is 2.69. The summed E-state index contributed by atoms with van der Waals surface area (Å²) in [5.74, 6) is 0.917. The molecule has 2 unspecified atom stereocenters. The molecule has 0 saturated heterocycles. The third-order valence-electron chi connectivity index (χ3n) is 2.52. The van der Waals surface area contributed by atoms with E-state index in [0.717, 1.165) is 10.1 Å². The van der Waals surface area contributed by atoms with Crippen molar-refractivity contribution < 1.29 is 57.7 Å². The molecule has 0 aromatic heterocycles. The topological polar surface area (TPSA) is 0 Å². The van der Waals surface area contributed by atoms with Crippen LogP contribution in [0.25, 0.3) is 0 Å². The van der Waals surface area contributed by atoms with Gasteiger partial charge in [-0.05, 0) is 0 Å². The molecule has 0 bridgehead atoms. The van der Waals surface area contributed by atoms with Gasteiger partial charge in [0.1, 0.15) is 0 Å². The zero-order chi connectivity index (χ0) is 6.97. The molecule has 1 saturated carbocycles. The standard InChI is InChI=1S/C9H11.3ClH.Ti/c1-2-5-9-7-3-6-8(9)4-1;;;;/h1-2,4,6,9H,3,5,7H2;3*1H;/q;;;;+3/p-3. The normalized spacial score (nSPS) is 28.9. The van der Waals surface area contributed by atoms with E-state index >= 15 is 0 Å². The van der Waals surface area contributed by atoms with E-state index in [-0.39, 0.29) is 37.2 Å². The molecule has 2 atom stereocenters. The molecule has 0 aromatic carbocycles. The van der Waals surface area contributed by atoms with Gasteiger partial charge in [0.25, 0.3) is 0 Å². The predicted molar refractivity (Wildman–Crippen MR) is 38.3 cm³/mol. The van der Waals surface area contributed by atoms with Crippen molar-refractivity contribution in [3.8, 4) is 0 Å². The monoisotopic (exact) mass is 272 g/mol. The number of halogens is 3. The molecule has 1 fully saturated rings. The Balaban J connectivity index is 0. The maximum atomic E-state index is 2.35. The summed E-state index contributed by atoms with van der Waals surface area (Å²) in [5, 5.41) is 0. The van der Waals surface area contributed by atoms with Crippen molar-refractivity contribution in [2.45, 2.75) is 23.5 Å². The van der Waals surface area contributed by atoms with Crippen LogP contribution in [-0.2, 0) is 20.4 Å². The van der Waals surface area contributed by atoms with Crippen molar-refractivity contribution in [2.75, 3.05) is 0 Å². The summed E-state index contributed by atoms with van der Waals surface area (Å²) >= 11 is 2.35. The molecule has 0 N–H and O–H groups in total. The van der Waals surface area contributed by atoms with Gasteiger partial charge in [-0.3, -0.25) is 0 Å². The van der Waals surface area contributed by atoms with Gasteiger partial charge >= 0.3 is 73.6 Å². The third kappa shape index (κ3) is 3.60. The fourth-order valence-electron chi connectivity index (χ4n) is 1.91. The molecule has 13 heavy (non-hydrogen) atoms. The van der Waals surface area contributed by atoms with Gasteiger partial charge < -0.3 is 37.2 Å². The molecule has 0 heterocycles. The Morgan fingerprint density at radius 1 is 1.15 bits per heavy atom. The van der Waals surface area contributed by atoms with Crippen molar-refractivity contribution in [2.24, 2.45) is 5.92 Å². The van der Waals surface area contributed by atoms with Crippen LogP contribution in [0.4, 0.5) is 0 Å². The van der Waals surface area contributed by atoms with Gasteiger partial charge in [0.05, 0.1) is 0 Å². The molecule has 0 aromatic rings. The minimum absolute atomic E-state index is 0. The summed E-state index contributed by atoms with van der Waals surface area (Å²) in [6.45, 7) is 0. The first-order chi connectivity index (χ1) is 4.88. The third-order valence-corrected chi connectivity index (χ3v) is 3.49. The van der Waals surface area contributed by atoms with E-state index in [9.17, 15) is 0 Å². The van der Waals surface area contributed by atoms with Gasteiger partial charge in [-0.25, -0.2) is 0 Å². The minimum atomic E-state index is 0. The van der Waals surface area contributed by atoms with Crippen LogP contribution in [0.15, 0.2) is 23.8 Å².